The first-order chi connectivity index (χ1) is 19.9. The van der Waals surface area contributed by atoms with Gasteiger partial charge in [-0.25, -0.2) is 4.79 Å². The van der Waals surface area contributed by atoms with Crippen LogP contribution >= 0.6 is 0 Å². The van der Waals surface area contributed by atoms with Crippen molar-refractivity contribution in [2.45, 2.75) is 46.1 Å². The molecule has 1 unspecified atom stereocenters. The quantitative estimate of drug-likeness (QED) is 0.262. The Morgan fingerprint density at radius 2 is 1.73 bits per heavy atom. The van der Waals surface area contributed by atoms with Crippen LogP contribution in [0.5, 0.6) is 5.75 Å². The standard InChI is InChI=1S/C32H29N5O4/c1-4-7-29-28(31(38)34-21(3)37(29)24-14-16-25(17-15-24)40-20(2)19-33)18-22-10-12-23(13-11-22)26-8-5-6-9-27(26)30-35-32(39)41-36-30/h5-6,8-17,20H,4,7,18H2,1-3H3,(H,35,36,39). The van der Waals surface area contributed by atoms with E-state index in [0.717, 1.165) is 40.1 Å². The molecule has 0 bridgehead atoms. The minimum Gasteiger partial charge on any atom is -0.476 e. The first-order valence-corrected chi connectivity index (χ1v) is 13.4. The zero-order valence-electron chi connectivity index (χ0n) is 23.0. The number of hydrogen-bond donors (Lipinski definition) is 1. The van der Waals surface area contributed by atoms with Crippen molar-refractivity contribution in [3.05, 3.63) is 116 Å². The summed E-state index contributed by atoms with van der Waals surface area (Å²) in [6.45, 7) is 5.61. The summed E-state index contributed by atoms with van der Waals surface area (Å²) in [5.74, 6) is 0.968. The molecule has 0 aliphatic rings. The first kappa shape index (κ1) is 27.3. The van der Waals surface area contributed by atoms with Gasteiger partial charge in [0.1, 0.15) is 17.6 Å². The minimum absolute atomic E-state index is 0.227. The van der Waals surface area contributed by atoms with Gasteiger partial charge >= 0.3 is 5.76 Å². The summed E-state index contributed by atoms with van der Waals surface area (Å²) in [6, 6.07) is 25.1. The Bertz CT molecular complexity index is 1830. The average molecular weight is 548 g/mol. The molecule has 5 aromatic rings. The molecule has 3 aromatic carbocycles. The summed E-state index contributed by atoms with van der Waals surface area (Å²) in [5.41, 5.74) is 5.78. The number of nitrogens with zero attached hydrogens (tertiary/aromatic N) is 4. The Morgan fingerprint density at radius 1 is 1.02 bits per heavy atom. The van der Waals surface area contributed by atoms with Crippen molar-refractivity contribution in [1.29, 1.82) is 5.26 Å². The summed E-state index contributed by atoms with van der Waals surface area (Å²) < 4.78 is 12.3. The molecule has 0 spiro atoms. The number of H-pyrrole nitrogens is 1. The van der Waals surface area contributed by atoms with E-state index in [1.165, 1.54) is 0 Å². The lowest BCUT2D eigenvalue weighted by molar-refractivity contribution is 0.276. The normalized spacial score (nSPS) is 11.7. The number of aromatic amines is 1. The van der Waals surface area contributed by atoms with Gasteiger partial charge in [-0.2, -0.15) is 10.2 Å². The molecular formula is C32H29N5O4. The Labute approximate surface area is 236 Å². The predicted molar refractivity (Wildman–Crippen MR) is 155 cm³/mol. The van der Waals surface area contributed by atoms with Gasteiger partial charge in [0.15, 0.2) is 11.9 Å². The van der Waals surface area contributed by atoms with Gasteiger partial charge in [-0.1, -0.05) is 67.0 Å². The minimum atomic E-state index is -0.608. The highest BCUT2D eigenvalue weighted by atomic mass is 16.5. The largest absolute Gasteiger partial charge is 0.476 e. The summed E-state index contributed by atoms with van der Waals surface area (Å²) in [7, 11) is 0. The number of benzene rings is 3. The molecule has 0 saturated carbocycles. The highest BCUT2D eigenvalue weighted by molar-refractivity contribution is 5.80. The van der Waals surface area contributed by atoms with Crippen molar-refractivity contribution in [1.82, 2.24) is 19.7 Å². The van der Waals surface area contributed by atoms with Crippen molar-refractivity contribution in [2.24, 2.45) is 0 Å². The highest BCUT2D eigenvalue weighted by Gasteiger charge is 2.18. The van der Waals surface area contributed by atoms with Crippen LogP contribution in [0.3, 0.4) is 0 Å². The lowest BCUT2D eigenvalue weighted by atomic mass is 9.96. The highest BCUT2D eigenvalue weighted by Crippen LogP contribution is 2.30. The van der Waals surface area contributed by atoms with Crippen LogP contribution in [0, 0.1) is 18.3 Å². The van der Waals surface area contributed by atoms with Crippen LogP contribution in [0.1, 0.15) is 42.9 Å². The van der Waals surface area contributed by atoms with Gasteiger partial charge < -0.3 is 9.30 Å². The summed E-state index contributed by atoms with van der Waals surface area (Å²) in [5, 5.41) is 12.9. The molecule has 1 N–H and O–H groups in total. The molecule has 0 saturated heterocycles. The molecule has 9 nitrogen and oxygen atoms in total. The van der Waals surface area contributed by atoms with Crippen molar-refractivity contribution in [3.63, 3.8) is 0 Å². The third-order valence-electron chi connectivity index (χ3n) is 6.81. The Hall–Kier alpha value is -5.23. The van der Waals surface area contributed by atoms with E-state index in [4.69, 9.17) is 14.5 Å². The number of hydrogen-bond acceptors (Lipinski definition) is 7. The number of nitriles is 1. The molecule has 9 heteroatoms. The van der Waals surface area contributed by atoms with E-state index in [0.29, 0.717) is 35.8 Å². The van der Waals surface area contributed by atoms with Crippen molar-refractivity contribution < 1.29 is 9.26 Å². The lowest BCUT2D eigenvalue weighted by Crippen LogP contribution is -2.24. The van der Waals surface area contributed by atoms with Gasteiger partial charge in [-0.15, -0.1) is 0 Å². The maximum absolute atomic E-state index is 13.2. The van der Waals surface area contributed by atoms with E-state index < -0.39 is 11.9 Å². The van der Waals surface area contributed by atoms with Crippen molar-refractivity contribution >= 4 is 0 Å². The predicted octanol–water partition coefficient (Wildman–Crippen LogP) is 5.39. The van der Waals surface area contributed by atoms with Gasteiger partial charge in [0, 0.05) is 28.9 Å². The van der Waals surface area contributed by atoms with E-state index in [9.17, 15) is 9.59 Å². The summed E-state index contributed by atoms with van der Waals surface area (Å²) >= 11 is 0. The van der Waals surface area contributed by atoms with Gasteiger partial charge in [0.2, 0.25) is 0 Å². The number of rotatable bonds is 9. The second kappa shape index (κ2) is 11.9. The molecule has 0 fully saturated rings. The third-order valence-corrected chi connectivity index (χ3v) is 6.81. The maximum Gasteiger partial charge on any atom is 0.439 e. The molecule has 2 aromatic heterocycles. The van der Waals surface area contributed by atoms with Crippen LogP contribution in [-0.4, -0.2) is 25.8 Å². The van der Waals surface area contributed by atoms with E-state index in [1.54, 1.807) is 6.92 Å². The third kappa shape index (κ3) is 5.87. The molecule has 0 aliphatic heterocycles. The topological polar surface area (TPSA) is 127 Å². The van der Waals surface area contributed by atoms with Crippen LogP contribution in [0.4, 0.5) is 0 Å². The number of aryl methyl sites for hydroxylation is 1. The molecular weight excluding hydrogens is 518 g/mol. The maximum atomic E-state index is 13.2. The molecule has 5 rings (SSSR count). The van der Waals surface area contributed by atoms with Gasteiger partial charge in [0.25, 0.3) is 5.56 Å². The summed E-state index contributed by atoms with van der Waals surface area (Å²) in [4.78, 5) is 31.7. The molecule has 2 heterocycles. The zero-order chi connectivity index (χ0) is 28.9. The fourth-order valence-electron chi connectivity index (χ4n) is 4.94. The zero-order valence-corrected chi connectivity index (χ0v) is 23.0. The van der Waals surface area contributed by atoms with Crippen LogP contribution < -0.4 is 16.1 Å². The molecule has 0 aliphatic carbocycles. The second-order valence-electron chi connectivity index (χ2n) is 9.72. The lowest BCUT2D eigenvalue weighted by Gasteiger charge is -2.20. The van der Waals surface area contributed by atoms with E-state index in [1.807, 2.05) is 84.3 Å². The number of aromatic nitrogens is 4. The van der Waals surface area contributed by atoms with E-state index in [2.05, 4.69) is 28.1 Å². The average Bonchev–Trinajstić information content (AvgIpc) is 3.42. The Balaban J connectivity index is 1.48. The second-order valence-corrected chi connectivity index (χ2v) is 9.72. The Kier molecular flexibility index (Phi) is 7.92. The molecule has 41 heavy (non-hydrogen) atoms. The SMILES string of the molecule is CCCc1c(Cc2ccc(-c3ccccc3-c3noc(=O)[nH]3)cc2)c(=O)nc(C)n1-c1ccc(OC(C)C#N)cc1. The number of nitrogens with one attached hydrogen (secondary N) is 1. The molecule has 1 atom stereocenters. The monoisotopic (exact) mass is 547 g/mol. The van der Waals surface area contributed by atoms with Gasteiger partial charge in [-0.05, 0) is 61.2 Å². The fraction of sp³-hybridized carbons (Fsp3) is 0.219. The van der Waals surface area contributed by atoms with E-state index >= 15 is 0 Å². The van der Waals surface area contributed by atoms with E-state index in [-0.39, 0.29) is 5.56 Å². The number of ether oxygens (including phenoxy) is 1. The fourth-order valence-corrected chi connectivity index (χ4v) is 4.94. The van der Waals surface area contributed by atoms with Crippen molar-refractivity contribution in [2.75, 3.05) is 0 Å². The van der Waals surface area contributed by atoms with Crippen LogP contribution in [0.2, 0.25) is 0 Å². The summed E-state index contributed by atoms with van der Waals surface area (Å²) in [6.07, 6.45) is 1.45. The Morgan fingerprint density at radius 3 is 2.37 bits per heavy atom. The first-order valence-electron chi connectivity index (χ1n) is 13.4. The smallest absolute Gasteiger partial charge is 0.439 e. The molecule has 206 valence electrons. The van der Waals surface area contributed by atoms with Crippen molar-refractivity contribution in [3.8, 4) is 40.0 Å². The van der Waals surface area contributed by atoms with Crippen LogP contribution in [0.25, 0.3) is 28.2 Å². The van der Waals surface area contributed by atoms with Gasteiger partial charge in [-0.3, -0.25) is 14.3 Å². The van der Waals surface area contributed by atoms with Crippen LogP contribution in [-0.2, 0) is 12.8 Å². The van der Waals surface area contributed by atoms with Gasteiger partial charge in [0.05, 0.1) is 0 Å². The molecule has 0 radical (unpaired) electrons. The van der Waals surface area contributed by atoms with Crippen LogP contribution in [0.15, 0.2) is 86.9 Å². The molecule has 0 amide bonds.